The van der Waals surface area contributed by atoms with Crippen LogP contribution in [0, 0.1) is 0 Å². The molecule has 1 aromatic carbocycles. The molecule has 1 aliphatic heterocycles. The summed E-state index contributed by atoms with van der Waals surface area (Å²) < 4.78 is 27.4. The molecule has 1 atom stereocenters. The molecule has 6 nitrogen and oxygen atoms in total. The second-order valence-electron chi connectivity index (χ2n) is 5.51. The van der Waals surface area contributed by atoms with Crippen LogP contribution in [0.15, 0.2) is 29.2 Å². The Hall–Kier alpha value is -0.990. The highest BCUT2D eigenvalue weighted by Crippen LogP contribution is 2.15. The van der Waals surface area contributed by atoms with Crippen LogP contribution in [-0.4, -0.2) is 69.6 Å². The van der Waals surface area contributed by atoms with E-state index >= 15 is 0 Å². The summed E-state index contributed by atoms with van der Waals surface area (Å²) in [4.78, 5) is 4.51. The molecule has 0 radical (unpaired) electrons. The van der Waals surface area contributed by atoms with Crippen LogP contribution >= 0.6 is 0 Å². The monoisotopic (exact) mass is 313 g/mol. The molecule has 0 aromatic heterocycles. The zero-order valence-electron chi connectivity index (χ0n) is 12.5. The molecular weight excluding hydrogens is 290 g/mol. The van der Waals surface area contributed by atoms with Crippen molar-refractivity contribution in [3.63, 3.8) is 0 Å². The normalized spacial score (nSPS) is 21.6. The summed E-state index contributed by atoms with van der Waals surface area (Å²) in [6.45, 7) is 2.83. The quantitative estimate of drug-likeness (QED) is 0.781. The van der Waals surface area contributed by atoms with E-state index in [1.165, 1.54) is 6.07 Å². The Kier molecular flexibility index (Phi) is 5.34. The SMILES string of the molecule is CN1CCN(C)C(CNS(=O)(=O)c2ccccc2CO)C1. The molecule has 1 heterocycles. The Morgan fingerprint density at radius 1 is 1.29 bits per heavy atom. The summed E-state index contributed by atoms with van der Waals surface area (Å²) in [5.41, 5.74) is 0.416. The van der Waals surface area contributed by atoms with Crippen molar-refractivity contribution >= 4 is 10.0 Å². The second-order valence-corrected chi connectivity index (χ2v) is 7.25. The van der Waals surface area contributed by atoms with Gasteiger partial charge in [0.05, 0.1) is 11.5 Å². The zero-order chi connectivity index (χ0) is 15.5. The number of rotatable bonds is 5. The summed E-state index contributed by atoms with van der Waals surface area (Å²) in [5.74, 6) is 0. The Labute approximate surface area is 126 Å². The van der Waals surface area contributed by atoms with Gasteiger partial charge in [0.2, 0.25) is 10.0 Å². The van der Waals surface area contributed by atoms with Gasteiger partial charge in [-0.3, -0.25) is 4.90 Å². The van der Waals surface area contributed by atoms with Gasteiger partial charge in [-0.25, -0.2) is 13.1 Å². The summed E-state index contributed by atoms with van der Waals surface area (Å²) in [6.07, 6.45) is 0. The molecular formula is C14H23N3O3S. The van der Waals surface area contributed by atoms with E-state index in [1.807, 2.05) is 14.1 Å². The number of nitrogens with zero attached hydrogens (tertiary/aromatic N) is 2. The van der Waals surface area contributed by atoms with Gasteiger partial charge >= 0.3 is 0 Å². The van der Waals surface area contributed by atoms with E-state index in [0.29, 0.717) is 12.1 Å². The highest BCUT2D eigenvalue weighted by Gasteiger charge is 2.25. The average molecular weight is 313 g/mol. The number of hydrogen-bond acceptors (Lipinski definition) is 5. The van der Waals surface area contributed by atoms with Crippen LogP contribution in [0.25, 0.3) is 0 Å². The maximum atomic E-state index is 12.4. The molecule has 1 saturated heterocycles. The van der Waals surface area contributed by atoms with Crippen LogP contribution < -0.4 is 4.72 Å². The Balaban J connectivity index is 2.07. The molecule has 1 aromatic rings. The Bertz CT molecular complexity index is 577. The lowest BCUT2D eigenvalue weighted by molar-refractivity contribution is 0.117. The summed E-state index contributed by atoms with van der Waals surface area (Å²) in [5, 5.41) is 9.27. The first-order chi connectivity index (χ1) is 9.94. The largest absolute Gasteiger partial charge is 0.392 e. The van der Waals surface area contributed by atoms with Crippen molar-refractivity contribution in [2.75, 3.05) is 40.3 Å². The zero-order valence-corrected chi connectivity index (χ0v) is 13.3. The number of aliphatic hydroxyl groups is 1. The molecule has 2 rings (SSSR count). The molecule has 0 bridgehead atoms. The highest BCUT2D eigenvalue weighted by atomic mass is 32.2. The molecule has 0 spiro atoms. The minimum atomic E-state index is -3.60. The van der Waals surface area contributed by atoms with E-state index in [9.17, 15) is 13.5 Å². The van der Waals surface area contributed by atoms with Gasteiger partial charge in [0.25, 0.3) is 0 Å². The smallest absolute Gasteiger partial charge is 0.240 e. The van der Waals surface area contributed by atoms with Gasteiger partial charge in [-0.05, 0) is 25.7 Å². The van der Waals surface area contributed by atoms with E-state index in [4.69, 9.17) is 0 Å². The molecule has 1 unspecified atom stereocenters. The molecule has 21 heavy (non-hydrogen) atoms. The van der Waals surface area contributed by atoms with Crippen LogP contribution in [0.2, 0.25) is 0 Å². The first-order valence-electron chi connectivity index (χ1n) is 7.01. The molecule has 0 saturated carbocycles. The van der Waals surface area contributed by atoms with Gasteiger partial charge in [0.1, 0.15) is 0 Å². The minimum absolute atomic E-state index is 0.152. The first-order valence-corrected chi connectivity index (χ1v) is 8.49. The lowest BCUT2D eigenvalue weighted by Gasteiger charge is -2.37. The third-order valence-electron chi connectivity index (χ3n) is 3.92. The third kappa shape index (κ3) is 4.02. The fourth-order valence-corrected chi connectivity index (χ4v) is 3.80. The van der Waals surface area contributed by atoms with E-state index in [1.54, 1.807) is 18.2 Å². The second kappa shape index (κ2) is 6.85. The Morgan fingerprint density at radius 2 is 2.00 bits per heavy atom. The number of piperazine rings is 1. The number of aliphatic hydroxyl groups excluding tert-OH is 1. The van der Waals surface area contributed by atoms with Crippen molar-refractivity contribution in [1.82, 2.24) is 14.5 Å². The fraction of sp³-hybridized carbons (Fsp3) is 0.571. The van der Waals surface area contributed by atoms with Crippen molar-refractivity contribution in [2.24, 2.45) is 0 Å². The van der Waals surface area contributed by atoms with E-state index < -0.39 is 10.0 Å². The molecule has 0 aliphatic carbocycles. The molecule has 118 valence electrons. The minimum Gasteiger partial charge on any atom is -0.392 e. The number of likely N-dealkylation sites (N-methyl/N-ethyl adjacent to an activating group) is 2. The predicted molar refractivity (Wildman–Crippen MR) is 81.5 cm³/mol. The molecule has 0 amide bonds. The van der Waals surface area contributed by atoms with Crippen LogP contribution in [0.5, 0.6) is 0 Å². The van der Waals surface area contributed by atoms with Gasteiger partial charge in [-0.1, -0.05) is 18.2 Å². The number of sulfonamides is 1. The third-order valence-corrected chi connectivity index (χ3v) is 5.45. The maximum Gasteiger partial charge on any atom is 0.240 e. The lowest BCUT2D eigenvalue weighted by atomic mass is 10.2. The van der Waals surface area contributed by atoms with Gasteiger partial charge < -0.3 is 10.0 Å². The number of hydrogen-bond donors (Lipinski definition) is 2. The Morgan fingerprint density at radius 3 is 2.71 bits per heavy atom. The van der Waals surface area contributed by atoms with Gasteiger partial charge in [-0.15, -0.1) is 0 Å². The molecule has 1 fully saturated rings. The van der Waals surface area contributed by atoms with Crippen molar-refractivity contribution in [1.29, 1.82) is 0 Å². The summed E-state index contributed by atoms with van der Waals surface area (Å²) >= 11 is 0. The van der Waals surface area contributed by atoms with Crippen LogP contribution in [0.1, 0.15) is 5.56 Å². The van der Waals surface area contributed by atoms with E-state index in [0.717, 1.165) is 19.6 Å². The maximum absolute atomic E-state index is 12.4. The molecule has 7 heteroatoms. The van der Waals surface area contributed by atoms with E-state index in [2.05, 4.69) is 14.5 Å². The van der Waals surface area contributed by atoms with Crippen LogP contribution in [0.4, 0.5) is 0 Å². The summed E-state index contributed by atoms with van der Waals surface area (Å²) in [7, 11) is 0.446. The summed E-state index contributed by atoms with van der Waals surface area (Å²) in [6, 6.07) is 6.67. The van der Waals surface area contributed by atoms with Gasteiger partial charge in [0.15, 0.2) is 0 Å². The van der Waals surface area contributed by atoms with Gasteiger partial charge in [-0.2, -0.15) is 0 Å². The van der Waals surface area contributed by atoms with Crippen LogP contribution in [-0.2, 0) is 16.6 Å². The van der Waals surface area contributed by atoms with Gasteiger partial charge in [0, 0.05) is 32.2 Å². The average Bonchev–Trinajstić information content (AvgIpc) is 2.48. The van der Waals surface area contributed by atoms with Crippen molar-refractivity contribution in [3.8, 4) is 0 Å². The number of benzene rings is 1. The van der Waals surface area contributed by atoms with Crippen molar-refractivity contribution in [2.45, 2.75) is 17.5 Å². The van der Waals surface area contributed by atoms with E-state index in [-0.39, 0.29) is 17.5 Å². The first kappa shape index (κ1) is 16.4. The molecule has 2 N–H and O–H groups in total. The lowest BCUT2D eigenvalue weighted by Crippen LogP contribution is -2.54. The van der Waals surface area contributed by atoms with Crippen LogP contribution in [0.3, 0.4) is 0 Å². The van der Waals surface area contributed by atoms with Crippen molar-refractivity contribution in [3.05, 3.63) is 29.8 Å². The fourth-order valence-electron chi connectivity index (χ4n) is 2.50. The number of nitrogens with one attached hydrogen (secondary N) is 1. The predicted octanol–water partition coefficient (Wildman–Crippen LogP) is -0.297. The standard InChI is InChI=1S/C14H23N3O3S/c1-16-7-8-17(2)13(10-16)9-15-21(19,20)14-6-4-3-5-12(14)11-18/h3-6,13,15,18H,7-11H2,1-2H3. The topological polar surface area (TPSA) is 72.9 Å². The molecule has 1 aliphatic rings. The highest BCUT2D eigenvalue weighted by molar-refractivity contribution is 7.89. The van der Waals surface area contributed by atoms with Crippen molar-refractivity contribution < 1.29 is 13.5 Å².